The number of hydrogen-bond acceptors (Lipinski definition) is 5. The Kier molecular flexibility index (Phi) is 3.21. The smallest absolute Gasteiger partial charge is 0.145 e. The van der Waals surface area contributed by atoms with Crippen LogP contribution in [-0.2, 0) is 0 Å². The lowest BCUT2D eigenvalue weighted by Crippen LogP contribution is -2.28. The van der Waals surface area contributed by atoms with Crippen LogP contribution in [0.5, 0.6) is 5.75 Å². The summed E-state index contributed by atoms with van der Waals surface area (Å²) in [5.41, 5.74) is 1.62. The van der Waals surface area contributed by atoms with Crippen LogP contribution in [0.2, 0.25) is 0 Å². The zero-order chi connectivity index (χ0) is 13.2. The molecule has 0 bridgehead atoms. The third-order valence-corrected chi connectivity index (χ3v) is 3.56. The topological polar surface area (TPSA) is 67.3 Å². The number of anilines is 1. The zero-order valence-electron chi connectivity index (χ0n) is 10.8. The monoisotopic (exact) mass is 259 g/mol. The van der Waals surface area contributed by atoms with Gasteiger partial charge in [0, 0.05) is 6.07 Å². The van der Waals surface area contributed by atoms with E-state index in [2.05, 4.69) is 15.3 Å². The SMILES string of the molecule is COc1ccc2nc(NC3CCCC3O)cnc2c1. The van der Waals surface area contributed by atoms with Gasteiger partial charge in [0.25, 0.3) is 0 Å². The Hall–Kier alpha value is -1.88. The fourth-order valence-corrected chi connectivity index (χ4v) is 2.49. The number of aliphatic hydroxyl groups excluding tert-OH is 1. The Morgan fingerprint density at radius 2 is 2.21 bits per heavy atom. The maximum atomic E-state index is 9.80. The van der Waals surface area contributed by atoms with Crippen molar-refractivity contribution < 1.29 is 9.84 Å². The molecule has 2 unspecified atom stereocenters. The van der Waals surface area contributed by atoms with Crippen LogP contribution in [0.4, 0.5) is 5.82 Å². The third kappa shape index (κ3) is 2.46. The molecule has 0 saturated heterocycles. The van der Waals surface area contributed by atoms with Gasteiger partial charge in [0.2, 0.25) is 0 Å². The van der Waals surface area contributed by atoms with E-state index in [1.54, 1.807) is 13.3 Å². The molecule has 0 aliphatic heterocycles. The Bertz CT molecular complexity index is 588. The minimum absolute atomic E-state index is 0.0880. The van der Waals surface area contributed by atoms with Crippen LogP contribution in [0, 0.1) is 0 Å². The number of nitrogens with one attached hydrogen (secondary N) is 1. The summed E-state index contributed by atoms with van der Waals surface area (Å²) in [6.07, 6.45) is 4.30. The van der Waals surface area contributed by atoms with Crippen molar-refractivity contribution in [2.24, 2.45) is 0 Å². The number of methoxy groups -OCH3 is 1. The van der Waals surface area contributed by atoms with E-state index in [1.807, 2.05) is 18.2 Å². The lowest BCUT2D eigenvalue weighted by Gasteiger charge is -2.16. The molecule has 5 heteroatoms. The fraction of sp³-hybridized carbons (Fsp3) is 0.429. The predicted molar refractivity (Wildman–Crippen MR) is 73.4 cm³/mol. The molecule has 19 heavy (non-hydrogen) atoms. The molecular formula is C14H17N3O2. The maximum Gasteiger partial charge on any atom is 0.145 e. The van der Waals surface area contributed by atoms with Gasteiger partial charge in [0.15, 0.2) is 0 Å². The van der Waals surface area contributed by atoms with Crippen LogP contribution in [0.25, 0.3) is 11.0 Å². The second kappa shape index (κ2) is 5.01. The number of fused-ring (bicyclic) bond motifs is 1. The standard InChI is InChI=1S/C14H17N3O2/c1-19-9-5-6-10-12(7-9)15-8-14(16-10)17-11-3-2-4-13(11)18/h5-8,11,13,18H,2-4H2,1H3,(H,16,17). The molecule has 1 saturated carbocycles. The first-order valence-electron chi connectivity index (χ1n) is 6.51. The van der Waals surface area contributed by atoms with E-state index < -0.39 is 0 Å². The second-order valence-electron chi connectivity index (χ2n) is 4.86. The van der Waals surface area contributed by atoms with Crippen molar-refractivity contribution >= 4 is 16.9 Å². The van der Waals surface area contributed by atoms with Gasteiger partial charge in [-0.2, -0.15) is 0 Å². The summed E-state index contributed by atoms with van der Waals surface area (Å²) < 4.78 is 5.16. The summed E-state index contributed by atoms with van der Waals surface area (Å²) in [4.78, 5) is 8.88. The highest BCUT2D eigenvalue weighted by molar-refractivity contribution is 5.77. The first-order valence-corrected chi connectivity index (χ1v) is 6.51. The van der Waals surface area contributed by atoms with Crippen molar-refractivity contribution in [3.05, 3.63) is 24.4 Å². The van der Waals surface area contributed by atoms with Gasteiger partial charge < -0.3 is 15.2 Å². The van der Waals surface area contributed by atoms with Crippen LogP contribution in [0.1, 0.15) is 19.3 Å². The van der Waals surface area contributed by atoms with Gasteiger partial charge in [-0.15, -0.1) is 0 Å². The van der Waals surface area contributed by atoms with E-state index in [1.165, 1.54) is 0 Å². The Balaban J connectivity index is 1.85. The number of ether oxygens (including phenoxy) is 1. The largest absolute Gasteiger partial charge is 0.497 e. The predicted octanol–water partition coefficient (Wildman–Crippen LogP) is 1.96. The van der Waals surface area contributed by atoms with Crippen molar-refractivity contribution in [3.63, 3.8) is 0 Å². The quantitative estimate of drug-likeness (QED) is 0.882. The van der Waals surface area contributed by atoms with Crippen molar-refractivity contribution in [2.75, 3.05) is 12.4 Å². The summed E-state index contributed by atoms with van der Waals surface area (Å²) >= 11 is 0. The van der Waals surface area contributed by atoms with Crippen LogP contribution >= 0.6 is 0 Å². The number of nitrogens with zero attached hydrogens (tertiary/aromatic N) is 2. The summed E-state index contributed by atoms with van der Waals surface area (Å²) in [6, 6.07) is 5.70. The van der Waals surface area contributed by atoms with Crippen LogP contribution in [-0.4, -0.2) is 34.3 Å². The van der Waals surface area contributed by atoms with Crippen molar-refractivity contribution in [3.8, 4) is 5.75 Å². The van der Waals surface area contributed by atoms with Gasteiger partial charge >= 0.3 is 0 Å². The van der Waals surface area contributed by atoms with Gasteiger partial charge in [0.1, 0.15) is 11.6 Å². The van der Waals surface area contributed by atoms with E-state index in [9.17, 15) is 5.11 Å². The minimum atomic E-state index is -0.284. The van der Waals surface area contributed by atoms with Gasteiger partial charge in [0.05, 0.1) is 36.5 Å². The lowest BCUT2D eigenvalue weighted by atomic mass is 10.2. The summed E-state index contributed by atoms with van der Waals surface area (Å²) in [5, 5.41) is 13.1. The zero-order valence-corrected chi connectivity index (χ0v) is 10.8. The molecule has 1 aliphatic carbocycles. The summed E-state index contributed by atoms with van der Waals surface area (Å²) in [5.74, 6) is 1.48. The molecule has 1 aromatic heterocycles. The third-order valence-electron chi connectivity index (χ3n) is 3.56. The first-order chi connectivity index (χ1) is 9.26. The van der Waals surface area contributed by atoms with Crippen LogP contribution < -0.4 is 10.1 Å². The number of hydrogen-bond donors (Lipinski definition) is 2. The second-order valence-corrected chi connectivity index (χ2v) is 4.86. The molecule has 2 aromatic rings. The van der Waals surface area contributed by atoms with E-state index in [0.29, 0.717) is 5.82 Å². The molecule has 100 valence electrons. The van der Waals surface area contributed by atoms with E-state index in [0.717, 1.165) is 36.0 Å². The highest BCUT2D eigenvalue weighted by Gasteiger charge is 2.25. The first kappa shape index (κ1) is 12.2. The van der Waals surface area contributed by atoms with Gasteiger partial charge in [-0.1, -0.05) is 0 Å². The fourth-order valence-electron chi connectivity index (χ4n) is 2.49. The number of aliphatic hydroxyl groups is 1. The summed E-state index contributed by atoms with van der Waals surface area (Å²) in [6.45, 7) is 0. The Morgan fingerprint density at radius 3 is 2.95 bits per heavy atom. The summed E-state index contributed by atoms with van der Waals surface area (Å²) in [7, 11) is 1.63. The average molecular weight is 259 g/mol. The molecule has 1 aliphatic rings. The van der Waals surface area contributed by atoms with Crippen molar-refractivity contribution in [1.29, 1.82) is 0 Å². The highest BCUT2D eigenvalue weighted by atomic mass is 16.5. The molecule has 5 nitrogen and oxygen atoms in total. The molecule has 1 fully saturated rings. The normalized spacial score (nSPS) is 22.6. The van der Waals surface area contributed by atoms with E-state index >= 15 is 0 Å². The minimum Gasteiger partial charge on any atom is -0.497 e. The van der Waals surface area contributed by atoms with Crippen LogP contribution in [0.15, 0.2) is 24.4 Å². The molecule has 0 spiro atoms. The molecule has 0 amide bonds. The number of rotatable bonds is 3. The molecule has 3 rings (SSSR count). The molecule has 1 heterocycles. The van der Waals surface area contributed by atoms with E-state index in [-0.39, 0.29) is 12.1 Å². The maximum absolute atomic E-state index is 9.80. The van der Waals surface area contributed by atoms with Crippen molar-refractivity contribution in [1.82, 2.24) is 9.97 Å². The molecule has 0 radical (unpaired) electrons. The van der Waals surface area contributed by atoms with Gasteiger partial charge in [-0.25, -0.2) is 4.98 Å². The highest BCUT2D eigenvalue weighted by Crippen LogP contribution is 2.23. The Morgan fingerprint density at radius 1 is 1.32 bits per heavy atom. The molecule has 1 aromatic carbocycles. The molecule has 2 atom stereocenters. The average Bonchev–Trinajstić information content (AvgIpc) is 2.84. The number of benzene rings is 1. The van der Waals surface area contributed by atoms with Crippen molar-refractivity contribution in [2.45, 2.75) is 31.4 Å². The van der Waals surface area contributed by atoms with Gasteiger partial charge in [-0.3, -0.25) is 4.98 Å². The van der Waals surface area contributed by atoms with E-state index in [4.69, 9.17) is 4.74 Å². The van der Waals surface area contributed by atoms with Gasteiger partial charge in [-0.05, 0) is 31.4 Å². The molecular weight excluding hydrogens is 242 g/mol. The molecule has 2 N–H and O–H groups in total. The lowest BCUT2D eigenvalue weighted by molar-refractivity contribution is 0.171. The number of aromatic nitrogens is 2. The Labute approximate surface area is 111 Å². The van der Waals surface area contributed by atoms with Crippen LogP contribution in [0.3, 0.4) is 0 Å².